The predicted molar refractivity (Wildman–Crippen MR) is 155 cm³/mol. The number of hydrogen-bond acceptors (Lipinski definition) is 9. The third kappa shape index (κ3) is 4.13. The van der Waals surface area contributed by atoms with Crippen LogP contribution in [0.25, 0.3) is 11.5 Å². The summed E-state index contributed by atoms with van der Waals surface area (Å²) in [5.41, 5.74) is 3.00. The van der Waals surface area contributed by atoms with Gasteiger partial charge in [-0.2, -0.15) is 0 Å². The zero-order valence-corrected chi connectivity index (χ0v) is 24.3. The SMILES string of the molecule is CC(C)[C@H](O)C(=O)N[C@H]1Cc2ccc3c(c2)C2(c4ccccc4N[C@H]2O3)c2oc(nc2-c2cnco2)[C@H](C(C)C)NC1=O. The largest absolute Gasteiger partial charge is 0.469 e. The second kappa shape index (κ2) is 9.98. The number of oxazole rings is 2. The lowest BCUT2D eigenvalue weighted by atomic mass is 9.72. The van der Waals surface area contributed by atoms with Gasteiger partial charge in [0.25, 0.3) is 0 Å². The van der Waals surface area contributed by atoms with E-state index in [0.29, 0.717) is 28.9 Å². The number of amides is 2. The van der Waals surface area contributed by atoms with Gasteiger partial charge in [0.05, 0.1) is 6.20 Å². The summed E-state index contributed by atoms with van der Waals surface area (Å²) < 4.78 is 19.1. The highest BCUT2D eigenvalue weighted by Crippen LogP contribution is 2.59. The van der Waals surface area contributed by atoms with Gasteiger partial charge in [-0.05, 0) is 35.1 Å². The van der Waals surface area contributed by atoms with E-state index >= 15 is 0 Å². The second-order valence-corrected chi connectivity index (χ2v) is 12.1. The molecule has 4 aromatic rings. The lowest BCUT2D eigenvalue weighted by Crippen LogP contribution is -2.52. The molecule has 5 heterocycles. The first-order chi connectivity index (χ1) is 20.7. The Hall–Kier alpha value is -4.64. The van der Waals surface area contributed by atoms with Crippen LogP contribution in [-0.2, 0) is 21.4 Å². The number of aliphatic hydroxyl groups is 1. The number of carbonyl (C=O) groups excluding carboxylic acids is 2. The monoisotopic (exact) mass is 583 g/mol. The Morgan fingerprint density at radius 2 is 1.93 bits per heavy atom. The van der Waals surface area contributed by atoms with E-state index in [4.69, 9.17) is 18.6 Å². The molecule has 43 heavy (non-hydrogen) atoms. The van der Waals surface area contributed by atoms with E-state index in [0.717, 1.165) is 22.4 Å². The molecular formula is C32H33N5O6. The van der Waals surface area contributed by atoms with Gasteiger partial charge in [-0.1, -0.05) is 58.0 Å². The van der Waals surface area contributed by atoms with Gasteiger partial charge in [0, 0.05) is 17.7 Å². The first-order valence-corrected chi connectivity index (χ1v) is 14.5. The van der Waals surface area contributed by atoms with Crippen molar-refractivity contribution in [2.45, 2.75) is 63.9 Å². The van der Waals surface area contributed by atoms with E-state index in [9.17, 15) is 14.7 Å². The molecular weight excluding hydrogens is 550 g/mol. The molecule has 0 saturated heterocycles. The van der Waals surface area contributed by atoms with Crippen molar-refractivity contribution in [3.8, 4) is 17.2 Å². The van der Waals surface area contributed by atoms with Crippen molar-refractivity contribution in [1.29, 1.82) is 0 Å². The Kier molecular flexibility index (Phi) is 6.31. The fourth-order valence-corrected chi connectivity index (χ4v) is 6.36. The minimum atomic E-state index is -1.26. The molecule has 1 unspecified atom stereocenters. The number of hydrogen-bond donors (Lipinski definition) is 4. The van der Waals surface area contributed by atoms with Gasteiger partial charge in [-0.15, -0.1) is 0 Å². The van der Waals surface area contributed by atoms with E-state index < -0.39 is 41.6 Å². The molecule has 2 amide bonds. The fraction of sp³-hybridized carbons (Fsp3) is 0.375. The third-order valence-electron chi connectivity index (χ3n) is 8.62. The maximum Gasteiger partial charge on any atom is 0.249 e. The summed E-state index contributed by atoms with van der Waals surface area (Å²) in [4.78, 5) is 35.9. The Balaban J connectivity index is 1.47. The topological polar surface area (TPSA) is 152 Å². The molecule has 1 spiro atoms. The van der Waals surface area contributed by atoms with E-state index in [1.54, 1.807) is 20.0 Å². The van der Waals surface area contributed by atoms with Crippen molar-refractivity contribution < 1.29 is 28.3 Å². The van der Waals surface area contributed by atoms with E-state index in [1.165, 1.54) is 6.39 Å². The summed E-state index contributed by atoms with van der Waals surface area (Å²) in [5.74, 6) is 0.420. The molecule has 222 valence electrons. The third-order valence-corrected chi connectivity index (χ3v) is 8.62. The molecule has 5 atom stereocenters. The number of ether oxygens (including phenoxy) is 1. The molecule has 3 aliphatic rings. The number of fused-ring (bicyclic) bond motifs is 4. The summed E-state index contributed by atoms with van der Waals surface area (Å²) in [6.45, 7) is 7.40. The summed E-state index contributed by atoms with van der Waals surface area (Å²) in [6, 6.07) is 12.1. The van der Waals surface area contributed by atoms with Crippen LogP contribution in [0, 0.1) is 11.8 Å². The Morgan fingerprint density at radius 1 is 1.12 bits per heavy atom. The summed E-state index contributed by atoms with van der Waals surface area (Å²) >= 11 is 0. The molecule has 11 heteroatoms. The molecule has 0 saturated carbocycles. The molecule has 2 aromatic carbocycles. The Morgan fingerprint density at radius 3 is 2.67 bits per heavy atom. The average molecular weight is 584 g/mol. The first kappa shape index (κ1) is 27.2. The lowest BCUT2D eigenvalue weighted by Gasteiger charge is -2.29. The highest BCUT2D eigenvalue weighted by atomic mass is 16.5. The van der Waals surface area contributed by atoms with Gasteiger partial charge in [0.1, 0.15) is 29.4 Å². The van der Waals surface area contributed by atoms with Gasteiger partial charge in [0.15, 0.2) is 29.8 Å². The molecule has 11 nitrogen and oxygen atoms in total. The van der Waals surface area contributed by atoms with Gasteiger partial charge >= 0.3 is 0 Å². The zero-order valence-electron chi connectivity index (χ0n) is 24.3. The molecule has 2 aromatic heterocycles. The highest BCUT2D eigenvalue weighted by molar-refractivity contribution is 5.90. The van der Waals surface area contributed by atoms with Crippen LogP contribution in [0.5, 0.6) is 5.75 Å². The molecule has 7 rings (SSSR count). The molecule has 4 N–H and O–H groups in total. The number of aromatic nitrogens is 2. The number of carbonyl (C=O) groups is 2. The Labute approximate surface area is 248 Å². The molecule has 0 aliphatic carbocycles. The van der Waals surface area contributed by atoms with Crippen LogP contribution in [0.1, 0.15) is 62.1 Å². The Bertz CT molecular complexity index is 1710. The van der Waals surface area contributed by atoms with E-state index in [-0.39, 0.29) is 18.3 Å². The normalized spacial score (nSPS) is 24.3. The number of aliphatic hydroxyl groups excluding tert-OH is 1. The molecule has 0 fully saturated rings. The highest BCUT2D eigenvalue weighted by Gasteiger charge is 2.61. The summed E-state index contributed by atoms with van der Waals surface area (Å²) in [5, 5.41) is 19.8. The minimum absolute atomic E-state index is 0.130. The minimum Gasteiger partial charge on any atom is -0.469 e. The quantitative estimate of drug-likeness (QED) is 0.276. The smallest absolute Gasteiger partial charge is 0.249 e. The predicted octanol–water partition coefficient (Wildman–Crippen LogP) is 3.68. The van der Waals surface area contributed by atoms with Crippen LogP contribution in [0.2, 0.25) is 0 Å². The van der Waals surface area contributed by atoms with Crippen LogP contribution in [0.3, 0.4) is 0 Å². The van der Waals surface area contributed by atoms with E-state index in [1.807, 2.05) is 56.3 Å². The lowest BCUT2D eigenvalue weighted by molar-refractivity contribution is -0.135. The molecule has 0 radical (unpaired) electrons. The zero-order chi connectivity index (χ0) is 30.0. The summed E-state index contributed by atoms with van der Waals surface area (Å²) in [6.07, 6.45) is 1.31. The number of benzene rings is 2. The van der Waals surface area contributed by atoms with Gasteiger partial charge < -0.3 is 34.6 Å². The van der Waals surface area contributed by atoms with Crippen molar-refractivity contribution in [1.82, 2.24) is 20.6 Å². The van der Waals surface area contributed by atoms with Gasteiger partial charge in [0.2, 0.25) is 17.7 Å². The number of anilines is 1. The molecule has 4 bridgehead atoms. The maximum atomic E-state index is 13.8. The van der Waals surface area contributed by atoms with Crippen LogP contribution in [0.4, 0.5) is 5.69 Å². The second-order valence-electron chi connectivity index (χ2n) is 12.1. The fourth-order valence-electron chi connectivity index (χ4n) is 6.36. The van der Waals surface area contributed by atoms with Crippen molar-refractivity contribution in [2.24, 2.45) is 11.8 Å². The number of nitrogens with one attached hydrogen (secondary N) is 3. The van der Waals surface area contributed by atoms with E-state index in [2.05, 4.69) is 20.9 Å². The van der Waals surface area contributed by atoms with Crippen LogP contribution in [0.15, 0.2) is 63.9 Å². The number of nitrogens with zero attached hydrogens (tertiary/aromatic N) is 2. The van der Waals surface area contributed by atoms with Crippen molar-refractivity contribution >= 4 is 17.5 Å². The van der Waals surface area contributed by atoms with Gasteiger partial charge in [-0.3, -0.25) is 9.59 Å². The first-order valence-electron chi connectivity index (χ1n) is 14.5. The van der Waals surface area contributed by atoms with Crippen LogP contribution in [-0.4, -0.2) is 45.3 Å². The van der Waals surface area contributed by atoms with Crippen molar-refractivity contribution in [3.63, 3.8) is 0 Å². The van der Waals surface area contributed by atoms with Gasteiger partial charge in [-0.25, -0.2) is 9.97 Å². The molecule has 3 aliphatic heterocycles. The van der Waals surface area contributed by atoms with Crippen LogP contribution < -0.4 is 20.7 Å². The number of rotatable bonds is 5. The van der Waals surface area contributed by atoms with Crippen molar-refractivity contribution in [3.05, 3.63) is 83.4 Å². The summed E-state index contributed by atoms with van der Waals surface area (Å²) in [7, 11) is 0. The standard InChI is InChI=1S/C32H33N5O6/c1-15(2)24-30-37-25(23-13-33-14-41-23)27(43-30)32-18-7-5-6-8-20(18)35-31(32)42-22-10-9-17(11-19(22)32)12-21(28(39)36-24)34-29(40)26(38)16(3)4/h5-11,13-16,21,24,26,31,35,38H,12H2,1-4H3,(H,34,40)(H,36,39)/t21-,24-,26-,31-,32?/m0/s1. The van der Waals surface area contributed by atoms with Crippen molar-refractivity contribution in [2.75, 3.05) is 5.32 Å². The number of para-hydroxylation sites is 1. The van der Waals surface area contributed by atoms with Crippen LogP contribution >= 0.6 is 0 Å². The average Bonchev–Trinajstić information content (AvgIpc) is 3.76. The maximum absolute atomic E-state index is 13.8.